The second-order valence-electron chi connectivity index (χ2n) is 10.7. The predicted octanol–water partition coefficient (Wildman–Crippen LogP) is 6.21. The number of benzene rings is 1. The van der Waals surface area contributed by atoms with E-state index in [2.05, 4.69) is 77.7 Å². The SMILES string of the molecule is CC(C)CC[C@H](c1cc(C(C)(C)C)c(O)c(C(C)(C)C)c1)N1CCNCC1.Cl.Cl. The van der Waals surface area contributed by atoms with Gasteiger partial charge in [0.2, 0.25) is 0 Å². The zero-order chi connectivity index (χ0) is 20.4. The van der Waals surface area contributed by atoms with Crippen molar-refractivity contribution in [1.29, 1.82) is 0 Å². The van der Waals surface area contributed by atoms with Crippen LogP contribution in [-0.2, 0) is 10.8 Å². The number of aromatic hydroxyl groups is 1. The van der Waals surface area contributed by atoms with Crippen molar-refractivity contribution >= 4 is 24.8 Å². The summed E-state index contributed by atoms with van der Waals surface area (Å²) in [7, 11) is 0. The number of nitrogens with one attached hydrogen (secondary N) is 1. The van der Waals surface area contributed by atoms with Crippen LogP contribution in [-0.4, -0.2) is 36.2 Å². The number of rotatable bonds is 5. The smallest absolute Gasteiger partial charge is 0.123 e. The fourth-order valence-electron chi connectivity index (χ4n) is 4.04. The summed E-state index contributed by atoms with van der Waals surface area (Å²) in [5.74, 6) is 1.19. The lowest BCUT2D eigenvalue weighted by Crippen LogP contribution is -2.45. The van der Waals surface area contributed by atoms with Crippen LogP contribution >= 0.6 is 24.8 Å². The van der Waals surface area contributed by atoms with E-state index < -0.39 is 0 Å². The van der Waals surface area contributed by atoms with Gasteiger partial charge in [0.05, 0.1) is 0 Å². The monoisotopic (exact) mass is 446 g/mol. The van der Waals surface area contributed by atoms with E-state index in [1.165, 1.54) is 18.4 Å². The van der Waals surface area contributed by atoms with Crippen LogP contribution < -0.4 is 5.32 Å². The summed E-state index contributed by atoms with van der Waals surface area (Å²) < 4.78 is 0. The van der Waals surface area contributed by atoms with Gasteiger partial charge < -0.3 is 10.4 Å². The number of phenols is 1. The first-order valence-electron chi connectivity index (χ1n) is 10.7. The number of piperazine rings is 1. The third-order valence-electron chi connectivity index (χ3n) is 5.74. The summed E-state index contributed by atoms with van der Waals surface area (Å²) >= 11 is 0. The molecule has 5 heteroatoms. The molecular weight excluding hydrogens is 403 g/mol. The molecule has 0 aliphatic carbocycles. The van der Waals surface area contributed by atoms with Crippen molar-refractivity contribution in [2.24, 2.45) is 5.92 Å². The molecule has 1 heterocycles. The van der Waals surface area contributed by atoms with E-state index in [9.17, 15) is 5.11 Å². The van der Waals surface area contributed by atoms with Crippen molar-refractivity contribution in [3.8, 4) is 5.75 Å². The normalized spacial score (nSPS) is 16.9. The number of hydrogen-bond acceptors (Lipinski definition) is 3. The van der Waals surface area contributed by atoms with Crippen LogP contribution in [0.3, 0.4) is 0 Å². The summed E-state index contributed by atoms with van der Waals surface area (Å²) in [4.78, 5) is 2.64. The molecule has 2 N–H and O–H groups in total. The maximum Gasteiger partial charge on any atom is 0.123 e. The van der Waals surface area contributed by atoms with E-state index in [1.807, 2.05) is 0 Å². The Labute approximate surface area is 191 Å². The maximum atomic E-state index is 11.1. The van der Waals surface area contributed by atoms with E-state index in [4.69, 9.17) is 0 Å². The van der Waals surface area contributed by atoms with Crippen molar-refractivity contribution in [1.82, 2.24) is 10.2 Å². The number of phenolic OH excluding ortho intramolecular Hbond substituents is 1. The summed E-state index contributed by atoms with van der Waals surface area (Å²) in [6.45, 7) is 22.1. The molecule has 1 aromatic rings. The first-order valence-corrected chi connectivity index (χ1v) is 10.7. The average molecular weight is 448 g/mol. The molecule has 3 nitrogen and oxygen atoms in total. The van der Waals surface area contributed by atoms with Crippen LogP contribution in [0.5, 0.6) is 5.75 Å². The molecule has 0 saturated carbocycles. The molecule has 1 aliphatic rings. The van der Waals surface area contributed by atoms with Gasteiger partial charge in [-0.3, -0.25) is 4.90 Å². The largest absolute Gasteiger partial charge is 0.507 e. The molecule has 0 bridgehead atoms. The Kier molecular flexibility index (Phi) is 11.0. The predicted molar refractivity (Wildman–Crippen MR) is 131 cm³/mol. The molecule has 170 valence electrons. The minimum absolute atomic E-state index is 0. The first-order chi connectivity index (χ1) is 12.4. The summed E-state index contributed by atoms with van der Waals surface area (Å²) in [5, 5.41) is 14.6. The van der Waals surface area contributed by atoms with Gasteiger partial charge in [-0.2, -0.15) is 0 Å². The van der Waals surface area contributed by atoms with Gasteiger partial charge in [0, 0.05) is 32.2 Å². The second kappa shape index (κ2) is 11.2. The highest BCUT2D eigenvalue weighted by Crippen LogP contribution is 2.42. The zero-order valence-electron chi connectivity index (χ0n) is 19.8. The standard InChI is InChI=1S/C24H42N2O.2ClH/c1-17(2)9-10-21(26-13-11-25-12-14-26)18-15-19(23(3,4)5)22(27)20(16-18)24(6,7)8;;/h15-17,21,25,27H,9-14H2,1-8H3;2*1H/t21-;;/m1../s1. The quantitative estimate of drug-likeness (QED) is 0.563. The van der Waals surface area contributed by atoms with Gasteiger partial charge in [-0.05, 0) is 58.4 Å². The minimum Gasteiger partial charge on any atom is -0.507 e. The lowest BCUT2D eigenvalue weighted by molar-refractivity contribution is 0.159. The van der Waals surface area contributed by atoms with Crippen molar-refractivity contribution in [2.45, 2.75) is 85.1 Å². The molecule has 1 atom stereocenters. The average Bonchev–Trinajstić information content (AvgIpc) is 2.54. The van der Waals surface area contributed by atoms with E-state index >= 15 is 0 Å². The summed E-state index contributed by atoms with van der Waals surface area (Å²) in [5.41, 5.74) is 3.38. The Morgan fingerprint density at radius 2 is 1.34 bits per heavy atom. The Balaban J connectivity index is 0.00000392. The number of halogens is 2. The van der Waals surface area contributed by atoms with Gasteiger partial charge in [-0.15, -0.1) is 24.8 Å². The molecule has 0 unspecified atom stereocenters. The van der Waals surface area contributed by atoms with Gasteiger partial charge in [0.25, 0.3) is 0 Å². The Hall–Kier alpha value is -0.480. The first kappa shape index (κ1) is 28.5. The Morgan fingerprint density at radius 1 is 0.897 bits per heavy atom. The fourth-order valence-corrected chi connectivity index (χ4v) is 4.04. The lowest BCUT2D eigenvalue weighted by atomic mass is 9.77. The van der Waals surface area contributed by atoms with E-state index in [0.29, 0.717) is 17.7 Å². The molecule has 1 aromatic carbocycles. The second-order valence-corrected chi connectivity index (χ2v) is 10.7. The van der Waals surface area contributed by atoms with E-state index in [-0.39, 0.29) is 35.6 Å². The molecule has 2 rings (SSSR count). The highest BCUT2D eigenvalue weighted by molar-refractivity contribution is 5.85. The van der Waals surface area contributed by atoms with Crippen LogP contribution in [0.4, 0.5) is 0 Å². The maximum absolute atomic E-state index is 11.1. The third-order valence-corrected chi connectivity index (χ3v) is 5.74. The third kappa shape index (κ3) is 7.61. The summed E-state index contributed by atoms with van der Waals surface area (Å²) in [6.07, 6.45) is 2.40. The van der Waals surface area contributed by atoms with Crippen LogP contribution in [0, 0.1) is 5.92 Å². The van der Waals surface area contributed by atoms with Crippen LogP contribution in [0.1, 0.15) is 91.0 Å². The minimum atomic E-state index is -0.0772. The molecule has 1 saturated heterocycles. The van der Waals surface area contributed by atoms with Gasteiger partial charge >= 0.3 is 0 Å². The van der Waals surface area contributed by atoms with Gasteiger partial charge in [0.1, 0.15) is 5.75 Å². The molecule has 0 amide bonds. The molecule has 1 aliphatic heterocycles. The van der Waals surface area contributed by atoms with Crippen molar-refractivity contribution in [3.63, 3.8) is 0 Å². The van der Waals surface area contributed by atoms with Crippen molar-refractivity contribution in [3.05, 3.63) is 28.8 Å². The van der Waals surface area contributed by atoms with Crippen LogP contribution in [0.25, 0.3) is 0 Å². The molecule has 0 radical (unpaired) electrons. The van der Waals surface area contributed by atoms with E-state index in [0.717, 1.165) is 37.3 Å². The highest BCUT2D eigenvalue weighted by atomic mass is 35.5. The van der Waals surface area contributed by atoms with Crippen LogP contribution in [0.15, 0.2) is 12.1 Å². The van der Waals surface area contributed by atoms with E-state index in [1.54, 1.807) is 0 Å². The Bertz CT molecular complexity index is 592. The Morgan fingerprint density at radius 3 is 1.72 bits per heavy atom. The van der Waals surface area contributed by atoms with Crippen LogP contribution in [0.2, 0.25) is 0 Å². The lowest BCUT2D eigenvalue weighted by Gasteiger charge is -2.37. The van der Waals surface area contributed by atoms with Gasteiger partial charge in [-0.1, -0.05) is 55.4 Å². The fraction of sp³-hybridized carbons (Fsp3) is 0.750. The molecule has 0 spiro atoms. The molecular formula is C24H44Cl2N2O. The van der Waals surface area contributed by atoms with Crippen molar-refractivity contribution in [2.75, 3.05) is 26.2 Å². The molecule has 29 heavy (non-hydrogen) atoms. The van der Waals surface area contributed by atoms with Gasteiger partial charge in [0.15, 0.2) is 0 Å². The highest BCUT2D eigenvalue weighted by Gasteiger charge is 2.30. The zero-order valence-corrected chi connectivity index (χ0v) is 21.4. The molecule has 0 aromatic heterocycles. The number of nitrogens with zero attached hydrogens (tertiary/aromatic N) is 1. The topological polar surface area (TPSA) is 35.5 Å². The summed E-state index contributed by atoms with van der Waals surface area (Å²) in [6, 6.07) is 5.01. The van der Waals surface area contributed by atoms with Gasteiger partial charge in [-0.25, -0.2) is 0 Å². The molecule has 1 fully saturated rings. The van der Waals surface area contributed by atoms with Crippen molar-refractivity contribution < 1.29 is 5.11 Å². The number of hydrogen-bond donors (Lipinski definition) is 2.